The number of nitrogens with one attached hydrogen (secondary N) is 2. The van der Waals surface area contributed by atoms with Gasteiger partial charge in [0.05, 0.1) is 6.04 Å². The van der Waals surface area contributed by atoms with Crippen LogP contribution in [0.25, 0.3) is 0 Å². The molecule has 4 amide bonds. The number of hydrogen-bond donors (Lipinski definition) is 2. The van der Waals surface area contributed by atoms with Crippen LogP contribution >= 0.6 is 0 Å². The number of carbonyl (C=O) groups is 3. The highest BCUT2D eigenvalue weighted by Gasteiger charge is 2.29. The molecule has 2 rings (SSSR count). The molecule has 2 N–H and O–H groups in total. The minimum Gasteiger partial charge on any atom is -0.348 e. The molecular formula is C17H22FN3O3. The summed E-state index contributed by atoms with van der Waals surface area (Å²) >= 11 is 0. The van der Waals surface area contributed by atoms with Crippen LogP contribution in [-0.4, -0.2) is 35.8 Å². The largest absolute Gasteiger partial charge is 0.348 e. The highest BCUT2D eigenvalue weighted by Crippen LogP contribution is 2.29. The highest BCUT2D eigenvalue weighted by atomic mass is 19.1. The van der Waals surface area contributed by atoms with Crippen LogP contribution in [0.3, 0.4) is 0 Å². The van der Waals surface area contributed by atoms with E-state index < -0.39 is 11.9 Å². The predicted molar refractivity (Wildman–Crippen MR) is 86.5 cm³/mol. The van der Waals surface area contributed by atoms with Crippen molar-refractivity contribution in [3.05, 3.63) is 35.6 Å². The van der Waals surface area contributed by atoms with E-state index in [1.165, 1.54) is 12.1 Å². The first-order valence-electron chi connectivity index (χ1n) is 7.78. The normalized spacial score (nSPS) is 16.1. The zero-order chi connectivity index (χ0) is 17.9. The van der Waals surface area contributed by atoms with Crippen molar-refractivity contribution in [1.82, 2.24) is 15.5 Å². The minimum absolute atomic E-state index is 0.0622. The molecular weight excluding hydrogens is 313 g/mol. The topological polar surface area (TPSA) is 78.5 Å². The molecule has 1 saturated heterocycles. The van der Waals surface area contributed by atoms with E-state index in [1.54, 1.807) is 12.1 Å². The molecule has 24 heavy (non-hydrogen) atoms. The minimum atomic E-state index is -0.565. The summed E-state index contributed by atoms with van der Waals surface area (Å²) in [6.07, 6.45) is 0.648. The molecule has 0 aliphatic carbocycles. The monoisotopic (exact) mass is 335 g/mol. The number of nitrogens with zero attached hydrogens (tertiary/aromatic N) is 1. The molecule has 1 aliphatic rings. The van der Waals surface area contributed by atoms with Gasteiger partial charge in [0.15, 0.2) is 0 Å². The number of imide groups is 1. The molecule has 0 aromatic heterocycles. The van der Waals surface area contributed by atoms with Crippen LogP contribution in [0.5, 0.6) is 0 Å². The highest BCUT2D eigenvalue weighted by molar-refractivity contribution is 6.03. The van der Waals surface area contributed by atoms with Crippen molar-refractivity contribution in [2.45, 2.75) is 33.2 Å². The lowest BCUT2D eigenvalue weighted by atomic mass is 9.85. The van der Waals surface area contributed by atoms with E-state index in [0.29, 0.717) is 6.42 Å². The summed E-state index contributed by atoms with van der Waals surface area (Å²) in [5.74, 6) is -1.12. The summed E-state index contributed by atoms with van der Waals surface area (Å²) < 4.78 is 13.1. The van der Waals surface area contributed by atoms with Crippen LogP contribution in [0.15, 0.2) is 24.3 Å². The van der Waals surface area contributed by atoms with Crippen LogP contribution < -0.4 is 10.6 Å². The third-order valence-electron chi connectivity index (χ3n) is 3.63. The van der Waals surface area contributed by atoms with E-state index in [9.17, 15) is 18.8 Å². The lowest BCUT2D eigenvalue weighted by Crippen LogP contribution is -2.41. The maximum Gasteiger partial charge on any atom is 0.325 e. The number of carbonyl (C=O) groups excluding carboxylic acids is 3. The van der Waals surface area contributed by atoms with E-state index in [0.717, 1.165) is 10.5 Å². The van der Waals surface area contributed by atoms with Crippen LogP contribution in [-0.2, 0) is 9.59 Å². The van der Waals surface area contributed by atoms with Gasteiger partial charge in [-0.05, 0) is 29.5 Å². The molecule has 1 fully saturated rings. The number of benzene rings is 1. The number of hydrogen-bond acceptors (Lipinski definition) is 3. The molecule has 6 nitrogen and oxygen atoms in total. The second-order valence-corrected chi connectivity index (χ2v) is 7.15. The SMILES string of the molecule is CC(C)(C)CC(NC(=O)CN1CC(=O)NC1=O)c1ccc(F)cc1. The second kappa shape index (κ2) is 6.98. The Morgan fingerprint density at radius 2 is 1.92 bits per heavy atom. The fourth-order valence-electron chi connectivity index (χ4n) is 2.58. The summed E-state index contributed by atoms with van der Waals surface area (Å²) in [6.45, 7) is 5.82. The van der Waals surface area contributed by atoms with Gasteiger partial charge in [0, 0.05) is 0 Å². The first-order chi connectivity index (χ1) is 11.1. The molecule has 1 aliphatic heterocycles. The van der Waals surface area contributed by atoms with Crippen LogP contribution in [0.1, 0.15) is 38.8 Å². The Kier molecular flexibility index (Phi) is 5.21. The number of amides is 4. The van der Waals surface area contributed by atoms with Gasteiger partial charge < -0.3 is 10.2 Å². The Morgan fingerprint density at radius 1 is 1.29 bits per heavy atom. The van der Waals surface area contributed by atoms with Crippen molar-refractivity contribution in [2.75, 3.05) is 13.1 Å². The van der Waals surface area contributed by atoms with E-state index in [-0.39, 0.29) is 36.3 Å². The Labute approximate surface area is 140 Å². The zero-order valence-electron chi connectivity index (χ0n) is 14.1. The average molecular weight is 335 g/mol. The van der Waals surface area contributed by atoms with Crippen LogP contribution in [0.2, 0.25) is 0 Å². The van der Waals surface area contributed by atoms with Crippen molar-refractivity contribution >= 4 is 17.8 Å². The van der Waals surface area contributed by atoms with Gasteiger partial charge >= 0.3 is 6.03 Å². The van der Waals surface area contributed by atoms with Gasteiger partial charge in [-0.3, -0.25) is 14.9 Å². The fraction of sp³-hybridized carbons (Fsp3) is 0.471. The molecule has 1 aromatic carbocycles. The molecule has 7 heteroatoms. The van der Waals surface area contributed by atoms with Crippen molar-refractivity contribution in [2.24, 2.45) is 5.41 Å². The molecule has 0 bridgehead atoms. The van der Waals surface area contributed by atoms with Crippen LogP contribution in [0, 0.1) is 11.2 Å². The molecule has 1 heterocycles. The van der Waals surface area contributed by atoms with Crippen molar-refractivity contribution in [3.63, 3.8) is 0 Å². The average Bonchev–Trinajstić information content (AvgIpc) is 2.75. The van der Waals surface area contributed by atoms with Gasteiger partial charge in [0.1, 0.15) is 18.9 Å². The van der Waals surface area contributed by atoms with Gasteiger partial charge in [-0.15, -0.1) is 0 Å². The molecule has 0 spiro atoms. The molecule has 130 valence electrons. The molecule has 1 aromatic rings. The zero-order valence-corrected chi connectivity index (χ0v) is 14.1. The summed E-state index contributed by atoms with van der Waals surface area (Å²) in [4.78, 5) is 36.1. The number of urea groups is 1. The summed E-state index contributed by atoms with van der Waals surface area (Å²) in [6, 6.07) is 5.10. The van der Waals surface area contributed by atoms with Gasteiger partial charge in [0.25, 0.3) is 0 Å². The van der Waals surface area contributed by atoms with Crippen LogP contribution in [0.4, 0.5) is 9.18 Å². The Balaban J connectivity index is 2.07. The Bertz CT molecular complexity index is 637. The maximum atomic E-state index is 13.1. The molecule has 1 unspecified atom stereocenters. The molecule has 0 radical (unpaired) electrons. The lowest BCUT2D eigenvalue weighted by molar-refractivity contribution is -0.122. The first kappa shape index (κ1) is 17.9. The summed E-state index contributed by atoms with van der Waals surface area (Å²) in [5, 5.41) is 5.01. The first-order valence-corrected chi connectivity index (χ1v) is 7.78. The summed E-state index contributed by atoms with van der Waals surface area (Å²) in [5.41, 5.74) is 0.731. The predicted octanol–water partition coefficient (Wildman–Crippen LogP) is 1.97. The second-order valence-electron chi connectivity index (χ2n) is 7.15. The van der Waals surface area contributed by atoms with Gasteiger partial charge in [-0.1, -0.05) is 32.9 Å². The van der Waals surface area contributed by atoms with E-state index in [4.69, 9.17) is 0 Å². The van der Waals surface area contributed by atoms with Gasteiger partial charge in [-0.2, -0.15) is 0 Å². The van der Waals surface area contributed by atoms with Gasteiger partial charge in [0.2, 0.25) is 11.8 Å². The smallest absolute Gasteiger partial charge is 0.325 e. The van der Waals surface area contributed by atoms with E-state index >= 15 is 0 Å². The molecule has 0 saturated carbocycles. The third kappa shape index (κ3) is 5.04. The van der Waals surface area contributed by atoms with E-state index in [2.05, 4.69) is 10.6 Å². The quantitative estimate of drug-likeness (QED) is 0.808. The van der Waals surface area contributed by atoms with Crippen molar-refractivity contribution < 1.29 is 18.8 Å². The maximum absolute atomic E-state index is 13.1. The number of rotatable bonds is 5. The lowest BCUT2D eigenvalue weighted by Gasteiger charge is -2.28. The molecule has 1 atom stereocenters. The van der Waals surface area contributed by atoms with Crippen molar-refractivity contribution in [3.8, 4) is 0 Å². The Hall–Kier alpha value is -2.44. The van der Waals surface area contributed by atoms with E-state index in [1.807, 2.05) is 20.8 Å². The van der Waals surface area contributed by atoms with Crippen molar-refractivity contribution in [1.29, 1.82) is 0 Å². The van der Waals surface area contributed by atoms with Gasteiger partial charge in [-0.25, -0.2) is 9.18 Å². The standard InChI is InChI=1S/C17H22FN3O3/c1-17(2,3)8-13(11-4-6-12(18)7-5-11)19-14(22)9-21-10-15(23)20-16(21)24/h4-7,13H,8-10H2,1-3H3,(H,19,22)(H,20,23,24). The third-order valence-corrected chi connectivity index (χ3v) is 3.63. The fourth-order valence-corrected chi connectivity index (χ4v) is 2.58. The number of halogens is 1. The summed E-state index contributed by atoms with van der Waals surface area (Å²) in [7, 11) is 0. The Morgan fingerprint density at radius 3 is 2.42 bits per heavy atom.